The first kappa shape index (κ1) is 16.4. The number of piperidine rings is 1. The van der Waals surface area contributed by atoms with E-state index < -0.39 is 0 Å². The van der Waals surface area contributed by atoms with Crippen LogP contribution < -0.4 is 10.6 Å². The number of nitrogens with one attached hydrogen (secondary N) is 2. The second-order valence-corrected chi connectivity index (χ2v) is 7.20. The van der Waals surface area contributed by atoms with Gasteiger partial charge in [0.25, 0.3) is 0 Å². The predicted molar refractivity (Wildman–Crippen MR) is 90.8 cm³/mol. The number of aryl methyl sites for hydroxylation is 2. The standard InChI is InChI=1S/C17H26N2OS/c1-12-4-5-16(13(2)10-12)14(3)19-17(20)11-21-15-6-8-18-9-7-15/h4-5,10,14-15,18H,6-9,11H2,1-3H3,(H,19,20). The van der Waals surface area contributed by atoms with E-state index in [9.17, 15) is 4.79 Å². The molecule has 1 heterocycles. The van der Waals surface area contributed by atoms with Gasteiger partial charge >= 0.3 is 0 Å². The van der Waals surface area contributed by atoms with Crippen molar-refractivity contribution in [3.8, 4) is 0 Å². The van der Waals surface area contributed by atoms with Crippen LogP contribution in [0.5, 0.6) is 0 Å². The minimum Gasteiger partial charge on any atom is -0.349 e. The molecule has 116 valence electrons. The van der Waals surface area contributed by atoms with Crippen LogP contribution in [0.3, 0.4) is 0 Å². The van der Waals surface area contributed by atoms with Crippen molar-refractivity contribution in [2.45, 2.75) is 44.9 Å². The predicted octanol–water partition coefficient (Wildman–Crippen LogP) is 2.97. The average Bonchev–Trinajstić information content (AvgIpc) is 2.46. The highest BCUT2D eigenvalue weighted by Gasteiger charge is 2.16. The molecular weight excluding hydrogens is 280 g/mol. The molecule has 0 bridgehead atoms. The Bertz CT molecular complexity index is 484. The van der Waals surface area contributed by atoms with Gasteiger partial charge in [0.15, 0.2) is 0 Å². The average molecular weight is 306 g/mol. The van der Waals surface area contributed by atoms with Crippen molar-refractivity contribution in [2.24, 2.45) is 0 Å². The van der Waals surface area contributed by atoms with Crippen LogP contribution in [-0.2, 0) is 4.79 Å². The van der Waals surface area contributed by atoms with Crippen molar-refractivity contribution in [1.29, 1.82) is 0 Å². The Labute approximate surface area is 132 Å². The molecule has 1 aromatic carbocycles. The summed E-state index contributed by atoms with van der Waals surface area (Å²) in [4.78, 5) is 12.1. The molecule has 1 atom stereocenters. The molecular formula is C17H26N2OS. The van der Waals surface area contributed by atoms with Crippen LogP contribution in [-0.4, -0.2) is 30.0 Å². The van der Waals surface area contributed by atoms with Crippen LogP contribution in [0.4, 0.5) is 0 Å². The number of amides is 1. The highest BCUT2D eigenvalue weighted by molar-refractivity contribution is 8.00. The van der Waals surface area contributed by atoms with E-state index in [4.69, 9.17) is 0 Å². The van der Waals surface area contributed by atoms with Gasteiger partial charge in [0.2, 0.25) is 5.91 Å². The van der Waals surface area contributed by atoms with Crippen molar-refractivity contribution in [1.82, 2.24) is 10.6 Å². The van der Waals surface area contributed by atoms with Crippen LogP contribution >= 0.6 is 11.8 Å². The second-order valence-electron chi connectivity index (χ2n) is 5.91. The lowest BCUT2D eigenvalue weighted by molar-refractivity contribution is -0.119. The van der Waals surface area contributed by atoms with Gasteiger partial charge in [-0.3, -0.25) is 4.79 Å². The zero-order valence-corrected chi connectivity index (χ0v) is 14.1. The van der Waals surface area contributed by atoms with E-state index in [1.807, 2.05) is 0 Å². The van der Waals surface area contributed by atoms with Gasteiger partial charge in [0.05, 0.1) is 11.8 Å². The summed E-state index contributed by atoms with van der Waals surface area (Å²) in [6.07, 6.45) is 2.34. The molecule has 0 aromatic heterocycles. The summed E-state index contributed by atoms with van der Waals surface area (Å²) < 4.78 is 0. The number of rotatable bonds is 5. The van der Waals surface area contributed by atoms with Gasteiger partial charge in [-0.2, -0.15) is 0 Å². The van der Waals surface area contributed by atoms with Gasteiger partial charge in [0, 0.05) is 5.25 Å². The lowest BCUT2D eigenvalue weighted by Crippen LogP contribution is -2.32. The highest BCUT2D eigenvalue weighted by Crippen LogP contribution is 2.21. The molecule has 1 aliphatic rings. The van der Waals surface area contributed by atoms with Gasteiger partial charge < -0.3 is 10.6 Å². The minimum absolute atomic E-state index is 0.0757. The largest absolute Gasteiger partial charge is 0.349 e. The Morgan fingerprint density at radius 2 is 2.10 bits per heavy atom. The Hall–Kier alpha value is -1.00. The SMILES string of the molecule is Cc1ccc(C(C)NC(=O)CSC2CCNCC2)c(C)c1. The molecule has 0 aliphatic carbocycles. The van der Waals surface area contributed by atoms with Crippen LogP contribution in [0.2, 0.25) is 0 Å². The van der Waals surface area contributed by atoms with Crippen molar-refractivity contribution < 1.29 is 4.79 Å². The summed E-state index contributed by atoms with van der Waals surface area (Å²) in [6.45, 7) is 8.42. The summed E-state index contributed by atoms with van der Waals surface area (Å²) in [6, 6.07) is 6.47. The molecule has 1 saturated heterocycles. The third-order valence-corrected chi connectivity index (χ3v) is 5.38. The maximum Gasteiger partial charge on any atom is 0.230 e. The molecule has 1 unspecified atom stereocenters. The molecule has 1 amide bonds. The Kier molecular flexibility index (Phi) is 6.12. The normalized spacial score (nSPS) is 17.5. The van der Waals surface area contributed by atoms with E-state index in [0.717, 1.165) is 13.1 Å². The van der Waals surface area contributed by atoms with Crippen molar-refractivity contribution in [2.75, 3.05) is 18.8 Å². The summed E-state index contributed by atoms with van der Waals surface area (Å²) in [7, 11) is 0. The van der Waals surface area contributed by atoms with Gasteiger partial charge in [-0.1, -0.05) is 23.8 Å². The fourth-order valence-electron chi connectivity index (χ4n) is 2.83. The van der Waals surface area contributed by atoms with E-state index in [1.54, 1.807) is 11.8 Å². The summed E-state index contributed by atoms with van der Waals surface area (Å²) >= 11 is 1.80. The summed E-state index contributed by atoms with van der Waals surface area (Å²) in [5.74, 6) is 0.714. The molecule has 0 saturated carbocycles. The van der Waals surface area contributed by atoms with Crippen LogP contribution in [0, 0.1) is 13.8 Å². The minimum atomic E-state index is 0.0757. The monoisotopic (exact) mass is 306 g/mol. The molecule has 21 heavy (non-hydrogen) atoms. The fraction of sp³-hybridized carbons (Fsp3) is 0.588. The number of hydrogen-bond donors (Lipinski definition) is 2. The number of benzene rings is 1. The zero-order chi connectivity index (χ0) is 15.2. The van der Waals surface area contributed by atoms with Crippen LogP contribution in [0.1, 0.15) is 42.5 Å². The molecule has 1 aromatic rings. The summed E-state index contributed by atoms with van der Waals surface area (Å²) in [5.41, 5.74) is 3.71. The smallest absolute Gasteiger partial charge is 0.230 e. The third-order valence-electron chi connectivity index (χ3n) is 4.01. The molecule has 3 nitrogen and oxygen atoms in total. The van der Waals surface area contributed by atoms with E-state index in [0.29, 0.717) is 11.0 Å². The van der Waals surface area contributed by atoms with Gasteiger partial charge in [-0.15, -0.1) is 11.8 Å². The maximum atomic E-state index is 12.1. The first-order valence-electron chi connectivity index (χ1n) is 7.75. The van der Waals surface area contributed by atoms with E-state index in [-0.39, 0.29) is 11.9 Å². The third kappa shape index (κ3) is 5.04. The Morgan fingerprint density at radius 1 is 1.38 bits per heavy atom. The number of carbonyl (C=O) groups is 1. The molecule has 4 heteroatoms. The molecule has 2 rings (SSSR count). The Morgan fingerprint density at radius 3 is 2.76 bits per heavy atom. The van der Waals surface area contributed by atoms with Gasteiger partial charge in [-0.05, 0) is 57.8 Å². The van der Waals surface area contributed by atoms with Crippen molar-refractivity contribution in [3.63, 3.8) is 0 Å². The lowest BCUT2D eigenvalue weighted by atomic mass is 10.0. The topological polar surface area (TPSA) is 41.1 Å². The number of carbonyl (C=O) groups excluding carboxylic acids is 1. The van der Waals surface area contributed by atoms with Crippen LogP contribution in [0.15, 0.2) is 18.2 Å². The van der Waals surface area contributed by atoms with Crippen molar-refractivity contribution in [3.05, 3.63) is 34.9 Å². The first-order valence-corrected chi connectivity index (χ1v) is 8.80. The first-order chi connectivity index (χ1) is 10.1. The fourth-order valence-corrected chi connectivity index (χ4v) is 3.87. The van der Waals surface area contributed by atoms with E-state index >= 15 is 0 Å². The van der Waals surface area contributed by atoms with Crippen LogP contribution in [0.25, 0.3) is 0 Å². The molecule has 0 radical (unpaired) electrons. The Balaban J connectivity index is 1.81. The van der Waals surface area contributed by atoms with Crippen molar-refractivity contribution >= 4 is 17.7 Å². The van der Waals surface area contributed by atoms with Gasteiger partial charge in [-0.25, -0.2) is 0 Å². The van der Waals surface area contributed by atoms with E-state index in [2.05, 4.69) is 49.6 Å². The molecule has 1 aliphatic heterocycles. The maximum absolute atomic E-state index is 12.1. The van der Waals surface area contributed by atoms with Gasteiger partial charge in [0.1, 0.15) is 0 Å². The lowest BCUT2D eigenvalue weighted by Gasteiger charge is -2.22. The highest BCUT2D eigenvalue weighted by atomic mass is 32.2. The number of hydrogen-bond acceptors (Lipinski definition) is 3. The second kappa shape index (κ2) is 7.85. The van der Waals surface area contributed by atoms with E-state index in [1.165, 1.54) is 29.5 Å². The molecule has 1 fully saturated rings. The molecule has 2 N–H and O–H groups in total. The quantitative estimate of drug-likeness (QED) is 0.879. The number of thioether (sulfide) groups is 1. The zero-order valence-electron chi connectivity index (χ0n) is 13.2. The molecule has 0 spiro atoms. The summed E-state index contributed by atoms with van der Waals surface area (Å²) in [5, 5.41) is 7.11.